The van der Waals surface area contributed by atoms with E-state index < -0.39 is 7.81 Å². The van der Waals surface area contributed by atoms with Crippen molar-refractivity contribution in [3.8, 4) is 0 Å². The predicted molar refractivity (Wildman–Crippen MR) is 77.4 cm³/mol. The van der Waals surface area contributed by atoms with Gasteiger partial charge in [0, 0.05) is 13.1 Å². The van der Waals surface area contributed by atoms with Gasteiger partial charge in [-0.2, -0.15) is 0 Å². The van der Waals surface area contributed by atoms with Gasteiger partial charge in [-0.15, -0.1) is 0 Å². The first kappa shape index (κ1) is 19.2. The number of aliphatic imine (C=N–C) groups is 1. The fourth-order valence-electron chi connectivity index (χ4n) is 2.29. The molecule has 0 aromatic rings. The van der Waals surface area contributed by atoms with Crippen LogP contribution in [-0.2, 0) is 0 Å². The molecule has 2 aliphatic rings. The number of rotatable bonds is 2. The van der Waals surface area contributed by atoms with Gasteiger partial charge in [0.25, 0.3) is 6.34 Å². The molecule has 0 saturated carbocycles. The summed E-state index contributed by atoms with van der Waals surface area (Å²) in [6.45, 7) is 4.77. The van der Waals surface area contributed by atoms with Crippen LogP contribution in [0, 0.1) is 0 Å². The standard InChI is InChI=1S/C12H22N3.F6P/c1-3-7-14(8-4-1)11-13-12-15-9-5-2-6-10-15;1-7(2,3,4,5)6/h11-12H,1-10H2;/q+1;-1. The second-order valence-corrected chi connectivity index (χ2v) is 7.45. The Hall–Kier alpha value is -0.850. The Morgan fingerprint density at radius 2 is 1.23 bits per heavy atom. The molecular formula is C12H22F6N3P. The van der Waals surface area contributed by atoms with Crippen molar-refractivity contribution in [1.82, 2.24) is 4.90 Å². The molecule has 0 bridgehead atoms. The molecule has 2 fully saturated rings. The number of nitrogens with zero attached hydrogens (tertiary/aromatic N) is 3. The molecule has 0 aromatic heterocycles. The third-order valence-electron chi connectivity index (χ3n) is 3.24. The molecule has 132 valence electrons. The summed E-state index contributed by atoms with van der Waals surface area (Å²) in [5.41, 5.74) is 0. The van der Waals surface area contributed by atoms with E-state index in [0.29, 0.717) is 0 Å². The number of piperidine rings is 2. The number of halogens is 6. The summed E-state index contributed by atoms with van der Waals surface area (Å²) in [6, 6.07) is 0. The van der Waals surface area contributed by atoms with Gasteiger partial charge in [-0.1, -0.05) is 0 Å². The molecule has 0 unspecified atom stereocenters. The average molecular weight is 353 g/mol. The molecular weight excluding hydrogens is 331 g/mol. The summed E-state index contributed by atoms with van der Waals surface area (Å²) in [5, 5.41) is 0. The van der Waals surface area contributed by atoms with E-state index >= 15 is 0 Å². The van der Waals surface area contributed by atoms with Crippen LogP contribution in [0.4, 0.5) is 25.2 Å². The molecule has 0 radical (unpaired) electrons. The first-order valence-corrected chi connectivity index (χ1v) is 9.34. The van der Waals surface area contributed by atoms with E-state index in [0.717, 1.165) is 0 Å². The second kappa shape index (κ2) is 6.72. The molecule has 2 aliphatic heterocycles. The summed E-state index contributed by atoms with van der Waals surface area (Å²) in [4.78, 5) is 6.76. The van der Waals surface area contributed by atoms with Gasteiger partial charge in [-0.05, 0) is 43.5 Å². The third-order valence-corrected chi connectivity index (χ3v) is 3.24. The molecule has 0 aromatic carbocycles. The fourth-order valence-corrected chi connectivity index (χ4v) is 2.29. The van der Waals surface area contributed by atoms with Crippen molar-refractivity contribution >= 4 is 20.5 Å². The van der Waals surface area contributed by atoms with Crippen LogP contribution < -0.4 is 0 Å². The van der Waals surface area contributed by atoms with Crippen LogP contribution in [0.1, 0.15) is 38.5 Å². The third kappa shape index (κ3) is 14.1. The summed E-state index contributed by atoms with van der Waals surface area (Å²) >= 11 is 0. The van der Waals surface area contributed by atoms with E-state index in [9.17, 15) is 25.2 Å². The van der Waals surface area contributed by atoms with E-state index in [1.165, 1.54) is 64.7 Å². The molecule has 0 atom stereocenters. The van der Waals surface area contributed by atoms with Gasteiger partial charge in [0.05, 0.1) is 13.1 Å². The summed E-state index contributed by atoms with van der Waals surface area (Å²) in [5.74, 6) is 0. The normalized spacial score (nSPS) is 23.4. The van der Waals surface area contributed by atoms with Crippen LogP contribution in [0.3, 0.4) is 0 Å². The Bertz CT molecular complexity index is 392. The zero-order valence-electron chi connectivity index (χ0n) is 12.3. The van der Waals surface area contributed by atoms with Crippen molar-refractivity contribution in [2.24, 2.45) is 4.99 Å². The maximum absolute atomic E-state index is 10.7. The van der Waals surface area contributed by atoms with Gasteiger partial charge in [-0.25, -0.2) is 0 Å². The van der Waals surface area contributed by atoms with Crippen molar-refractivity contribution in [3.63, 3.8) is 0 Å². The maximum atomic E-state index is 9.87. The Balaban J connectivity index is 0.000000295. The number of hydrogen-bond acceptors (Lipinski definition) is 0. The first-order chi connectivity index (χ1) is 9.90. The quantitative estimate of drug-likeness (QED) is 0.222. The molecule has 2 heterocycles. The zero-order chi connectivity index (χ0) is 16.8. The van der Waals surface area contributed by atoms with Gasteiger partial charge < -0.3 is 4.90 Å². The van der Waals surface area contributed by atoms with Crippen molar-refractivity contribution < 1.29 is 29.8 Å². The van der Waals surface area contributed by atoms with Gasteiger partial charge in [0.15, 0.2) is 0 Å². The van der Waals surface area contributed by atoms with Crippen LogP contribution in [0.15, 0.2) is 4.99 Å². The summed E-state index contributed by atoms with van der Waals surface area (Å²) < 4.78 is 61.5. The van der Waals surface area contributed by atoms with Gasteiger partial charge in [-0.3, -0.25) is 4.58 Å². The summed E-state index contributed by atoms with van der Waals surface area (Å²) in [6.07, 6.45) is 12.1. The minimum atomic E-state index is -10.7. The minimum absolute atomic E-state index is 1.19. The average Bonchev–Trinajstić information content (AvgIpc) is 2.38. The van der Waals surface area contributed by atoms with E-state index in [-0.39, 0.29) is 0 Å². The molecule has 10 heteroatoms. The fraction of sp³-hybridized carbons (Fsp3) is 0.833. The van der Waals surface area contributed by atoms with E-state index in [4.69, 9.17) is 0 Å². The van der Waals surface area contributed by atoms with E-state index in [2.05, 4.69) is 14.5 Å². The Labute approximate surface area is 125 Å². The van der Waals surface area contributed by atoms with Crippen molar-refractivity contribution in [1.29, 1.82) is 0 Å². The molecule has 2 saturated heterocycles. The molecule has 0 N–H and O–H groups in total. The Morgan fingerprint density at radius 1 is 0.773 bits per heavy atom. The monoisotopic (exact) mass is 353 g/mol. The molecule has 0 spiro atoms. The van der Waals surface area contributed by atoms with E-state index in [1.807, 2.05) is 12.7 Å². The molecule has 22 heavy (non-hydrogen) atoms. The van der Waals surface area contributed by atoms with Crippen molar-refractivity contribution in [2.45, 2.75) is 38.5 Å². The molecule has 2 rings (SSSR count). The molecule has 0 aliphatic carbocycles. The predicted octanol–water partition coefficient (Wildman–Crippen LogP) is 5.11. The Morgan fingerprint density at radius 3 is 1.73 bits per heavy atom. The van der Waals surface area contributed by atoms with Crippen LogP contribution in [-0.4, -0.2) is 48.3 Å². The molecule has 0 amide bonds. The van der Waals surface area contributed by atoms with Crippen molar-refractivity contribution in [3.05, 3.63) is 0 Å². The topological polar surface area (TPSA) is 18.6 Å². The summed E-state index contributed by atoms with van der Waals surface area (Å²) in [7, 11) is -10.7. The Kier molecular flexibility index (Phi) is 5.87. The van der Waals surface area contributed by atoms with Crippen LogP contribution >= 0.6 is 7.81 Å². The van der Waals surface area contributed by atoms with Gasteiger partial charge in [0.2, 0.25) is 6.34 Å². The van der Waals surface area contributed by atoms with Crippen LogP contribution in [0.5, 0.6) is 0 Å². The van der Waals surface area contributed by atoms with Crippen LogP contribution in [0.25, 0.3) is 0 Å². The zero-order valence-corrected chi connectivity index (χ0v) is 13.2. The van der Waals surface area contributed by atoms with Crippen molar-refractivity contribution in [2.75, 3.05) is 26.2 Å². The van der Waals surface area contributed by atoms with Gasteiger partial charge in [0.1, 0.15) is 0 Å². The molecule has 3 nitrogen and oxygen atoms in total. The van der Waals surface area contributed by atoms with Crippen LogP contribution in [0.2, 0.25) is 0 Å². The number of hydrogen-bond donors (Lipinski definition) is 0. The van der Waals surface area contributed by atoms with Gasteiger partial charge >= 0.3 is 33.0 Å². The SMILES string of the molecule is C(=NC=[N+]1CCCCC1)N1CCCCC1.F[P-](F)(F)(F)(F)F. The first-order valence-electron chi connectivity index (χ1n) is 7.31. The second-order valence-electron chi connectivity index (χ2n) is 5.53. The van der Waals surface area contributed by atoms with E-state index in [1.54, 1.807) is 0 Å². The number of likely N-dealkylation sites (tertiary alicyclic amines) is 1.